The Kier molecular flexibility index (Phi) is 4.13. The first kappa shape index (κ1) is 18.7. The van der Waals surface area contributed by atoms with Gasteiger partial charge < -0.3 is 4.74 Å². The Morgan fingerprint density at radius 1 is 1.00 bits per heavy atom. The van der Waals surface area contributed by atoms with Crippen molar-refractivity contribution in [3.8, 4) is 28.1 Å². The maximum absolute atomic E-state index is 13.8. The van der Waals surface area contributed by atoms with Crippen molar-refractivity contribution in [2.75, 3.05) is 7.11 Å². The fourth-order valence-corrected chi connectivity index (χ4v) is 4.35. The van der Waals surface area contributed by atoms with Crippen molar-refractivity contribution in [1.29, 1.82) is 0 Å². The Labute approximate surface area is 171 Å². The van der Waals surface area contributed by atoms with Crippen LogP contribution in [0, 0.1) is 6.92 Å². The molecule has 1 aliphatic rings. The van der Waals surface area contributed by atoms with E-state index < -0.39 is 11.7 Å². The maximum Gasteiger partial charge on any atom is 0.417 e. The summed E-state index contributed by atoms with van der Waals surface area (Å²) in [6.45, 7) is 2.51. The van der Waals surface area contributed by atoms with Crippen molar-refractivity contribution in [3.63, 3.8) is 0 Å². The third kappa shape index (κ3) is 2.86. The first-order chi connectivity index (χ1) is 14.4. The molecule has 0 saturated carbocycles. The second-order valence-electron chi connectivity index (χ2n) is 7.58. The minimum Gasteiger partial charge on any atom is -0.497 e. The molecule has 3 aromatic carbocycles. The van der Waals surface area contributed by atoms with E-state index in [9.17, 15) is 13.2 Å². The maximum atomic E-state index is 13.8. The van der Waals surface area contributed by atoms with E-state index in [1.165, 1.54) is 6.07 Å². The van der Waals surface area contributed by atoms with Gasteiger partial charge in [0, 0.05) is 17.5 Å². The largest absolute Gasteiger partial charge is 0.497 e. The van der Waals surface area contributed by atoms with Crippen LogP contribution >= 0.6 is 0 Å². The van der Waals surface area contributed by atoms with E-state index >= 15 is 0 Å². The zero-order valence-corrected chi connectivity index (χ0v) is 16.5. The lowest BCUT2D eigenvalue weighted by atomic mass is 9.90. The minimum atomic E-state index is -4.43. The molecule has 6 heteroatoms. The number of aryl methyl sites for hydroxylation is 3. The molecule has 3 nitrogen and oxygen atoms in total. The summed E-state index contributed by atoms with van der Waals surface area (Å²) in [4.78, 5) is 0. The number of nitrogens with zero attached hydrogens (tertiary/aromatic N) is 2. The Morgan fingerprint density at radius 2 is 1.80 bits per heavy atom. The summed E-state index contributed by atoms with van der Waals surface area (Å²) >= 11 is 0. The molecule has 0 atom stereocenters. The molecule has 0 saturated heterocycles. The summed E-state index contributed by atoms with van der Waals surface area (Å²) in [6, 6.07) is 16.0. The van der Waals surface area contributed by atoms with Gasteiger partial charge in [0.1, 0.15) is 5.75 Å². The van der Waals surface area contributed by atoms with Gasteiger partial charge in [-0.3, -0.25) is 4.68 Å². The van der Waals surface area contributed by atoms with Crippen LogP contribution in [0.15, 0.2) is 54.6 Å². The van der Waals surface area contributed by atoms with E-state index in [-0.39, 0.29) is 5.56 Å². The van der Waals surface area contributed by atoms with Gasteiger partial charge in [0.15, 0.2) is 0 Å². The molecule has 30 heavy (non-hydrogen) atoms. The molecule has 0 unspecified atom stereocenters. The summed E-state index contributed by atoms with van der Waals surface area (Å²) in [5.74, 6) is 0.729. The summed E-state index contributed by atoms with van der Waals surface area (Å²) < 4.78 is 48.6. The predicted molar refractivity (Wildman–Crippen MR) is 111 cm³/mol. The average molecular weight is 408 g/mol. The number of rotatable bonds is 2. The highest BCUT2D eigenvalue weighted by Crippen LogP contribution is 2.44. The fourth-order valence-electron chi connectivity index (χ4n) is 4.35. The van der Waals surface area contributed by atoms with Crippen LogP contribution in [0.3, 0.4) is 0 Å². The Hall–Kier alpha value is -3.28. The van der Waals surface area contributed by atoms with Crippen molar-refractivity contribution in [2.45, 2.75) is 26.1 Å². The summed E-state index contributed by atoms with van der Waals surface area (Å²) in [5.41, 5.74) is 4.44. The van der Waals surface area contributed by atoms with Gasteiger partial charge in [-0.25, -0.2) is 0 Å². The molecule has 0 fully saturated rings. The topological polar surface area (TPSA) is 27.1 Å². The SMILES string of the molecule is COc1cccc(-c2cc(C)c3nn4c(c3c2)-c2c(cccc2C(F)(F)F)CC4)c1. The quantitative estimate of drug-likeness (QED) is 0.391. The van der Waals surface area contributed by atoms with E-state index in [0.29, 0.717) is 24.2 Å². The van der Waals surface area contributed by atoms with Gasteiger partial charge in [-0.15, -0.1) is 0 Å². The lowest BCUT2D eigenvalue weighted by Crippen LogP contribution is -2.17. The van der Waals surface area contributed by atoms with E-state index in [1.807, 2.05) is 43.3 Å². The molecule has 1 aliphatic heterocycles. The lowest BCUT2D eigenvalue weighted by molar-refractivity contribution is -0.137. The molecule has 0 spiro atoms. The number of benzene rings is 3. The number of hydrogen-bond acceptors (Lipinski definition) is 2. The van der Waals surface area contributed by atoms with Crippen LogP contribution in [0.4, 0.5) is 13.2 Å². The van der Waals surface area contributed by atoms with Crippen LogP contribution in [-0.4, -0.2) is 16.9 Å². The van der Waals surface area contributed by atoms with Crippen molar-refractivity contribution < 1.29 is 17.9 Å². The molecule has 2 heterocycles. The number of ether oxygens (including phenoxy) is 1. The summed E-state index contributed by atoms with van der Waals surface area (Å²) in [7, 11) is 1.61. The van der Waals surface area contributed by atoms with Gasteiger partial charge in [0.2, 0.25) is 0 Å². The molecule has 0 amide bonds. The molecule has 5 rings (SSSR count). The standard InChI is InChI=1S/C24H19F3N2O/c1-14-11-17(16-6-3-7-18(12-16)30-2)13-19-22(14)28-29-10-9-15-5-4-8-20(24(25,26)27)21(15)23(19)29/h3-8,11-13H,9-10H2,1-2H3. The Bertz CT molecular complexity index is 1290. The van der Waals surface area contributed by atoms with E-state index in [0.717, 1.165) is 39.4 Å². The third-order valence-corrected chi connectivity index (χ3v) is 5.72. The van der Waals surface area contributed by atoms with Gasteiger partial charge in [-0.05, 0) is 65.9 Å². The molecule has 0 radical (unpaired) electrons. The number of methoxy groups -OCH3 is 1. The van der Waals surface area contributed by atoms with Crippen LogP contribution in [-0.2, 0) is 19.1 Å². The highest BCUT2D eigenvalue weighted by atomic mass is 19.4. The molecule has 1 aromatic heterocycles. The van der Waals surface area contributed by atoms with Crippen molar-refractivity contribution >= 4 is 10.9 Å². The normalized spacial score (nSPS) is 13.2. The van der Waals surface area contributed by atoms with E-state index in [2.05, 4.69) is 5.10 Å². The zero-order valence-electron chi connectivity index (χ0n) is 16.5. The lowest BCUT2D eigenvalue weighted by Gasteiger charge is -2.22. The average Bonchev–Trinajstić information content (AvgIpc) is 3.12. The molecule has 0 aliphatic carbocycles. The van der Waals surface area contributed by atoms with Crippen LogP contribution in [0.2, 0.25) is 0 Å². The molecular formula is C24H19F3N2O. The molecule has 0 bridgehead atoms. The van der Waals surface area contributed by atoms with Crippen LogP contribution in [0.1, 0.15) is 16.7 Å². The van der Waals surface area contributed by atoms with Gasteiger partial charge in [0.25, 0.3) is 0 Å². The van der Waals surface area contributed by atoms with Crippen molar-refractivity contribution in [2.24, 2.45) is 0 Å². The summed E-state index contributed by atoms with van der Waals surface area (Å²) in [6.07, 6.45) is -3.90. The second kappa shape index (κ2) is 6.62. The van der Waals surface area contributed by atoms with Crippen LogP contribution in [0.25, 0.3) is 33.3 Å². The van der Waals surface area contributed by atoms with Gasteiger partial charge in [-0.1, -0.05) is 24.3 Å². The highest BCUT2D eigenvalue weighted by Gasteiger charge is 2.37. The number of fused-ring (bicyclic) bond motifs is 5. The monoisotopic (exact) mass is 408 g/mol. The Balaban J connectivity index is 1.81. The zero-order chi connectivity index (χ0) is 21.0. The first-order valence-electron chi connectivity index (χ1n) is 9.72. The number of halogens is 3. The second-order valence-corrected chi connectivity index (χ2v) is 7.58. The smallest absolute Gasteiger partial charge is 0.417 e. The van der Waals surface area contributed by atoms with E-state index in [1.54, 1.807) is 17.9 Å². The fraction of sp³-hybridized carbons (Fsp3) is 0.208. The van der Waals surface area contributed by atoms with Crippen molar-refractivity contribution in [3.05, 3.63) is 71.3 Å². The number of aromatic nitrogens is 2. The van der Waals surface area contributed by atoms with Crippen LogP contribution in [0.5, 0.6) is 5.75 Å². The van der Waals surface area contributed by atoms with Gasteiger partial charge >= 0.3 is 6.18 Å². The first-order valence-corrected chi connectivity index (χ1v) is 9.72. The Morgan fingerprint density at radius 3 is 2.57 bits per heavy atom. The molecule has 0 N–H and O–H groups in total. The highest BCUT2D eigenvalue weighted by molar-refractivity contribution is 5.99. The summed E-state index contributed by atoms with van der Waals surface area (Å²) in [5, 5.41) is 5.41. The molecule has 4 aromatic rings. The number of alkyl halides is 3. The van der Waals surface area contributed by atoms with Gasteiger partial charge in [-0.2, -0.15) is 18.3 Å². The molecular weight excluding hydrogens is 389 g/mol. The minimum absolute atomic E-state index is 0.251. The third-order valence-electron chi connectivity index (χ3n) is 5.72. The van der Waals surface area contributed by atoms with Crippen LogP contribution < -0.4 is 4.74 Å². The number of hydrogen-bond donors (Lipinski definition) is 0. The van der Waals surface area contributed by atoms with E-state index in [4.69, 9.17) is 4.74 Å². The van der Waals surface area contributed by atoms with Gasteiger partial charge in [0.05, 0.1) is 23.9 Å². The predicted octanol–water partition coefficient (Wildman–Crippen LogP) is 6.26. The van der Waals surface area contributed by atoms with Crippen molar-refractivity contribution in [1.82, 2.24) is 9.78 Å². The molecule has 152 valence electrons.